The summed E-state index contributed by atoms with van der Waals surface area (Å²) < 4.78 is 0. The van der Waals surface area contributed by atoms with Crippen LogP contribution in [0.5, 0.6) is 0 Å². The molecule has 0 bridgehead atoms. The molecule has 2 amide bonds. The predicted octanol–water partition coefficient (Wildman–Crippen LogP) is 2.16. The molecule has 3 fully saturated rings. The fraction of sp³-hybridized carbons (Fsp3) is 0.895. The third-order valence-corrected chi connectivity index (χ3v) is 6.16. The maximum atomic E-state index is 12.4. The SMILES string of the molecule is CC1CCCCN1CCCNC(=O)C1CC(=O)N(C2CCCC2)C1. The fourth-order valence-corrected chi connectivity index (χ4v) is 4.60. The zero-order valence-electron chi connectivity index (χ0n) is 15.1. The number of likely N-dealkylation sites (tertiary alicyclic amines) is 2. The predicted molar refractivity (Wildman–Crippen MR) is 94.6 cm³/mol. The number of nitrogens with zero attached hydrogens (tertiary/aromatic N) is 2. The number of piperidine rings is 1. The largest absolute Gasteiger partial charge is 0.356 e. The van der Waals surface area contributed by atoms with Gasteiger partial charge >= 0.3 is 0 Å². The monoisotopic (exact) mass is 335 g/mol. The summed E-state index contributed by atoms with van der Waals surface area (Å²) in [4.78, 5) is 29.1. The van der Waals surface area contributed by atoms with Crippen molar-refractivity contribution in [2.45, 2.75) is 76.8 Å². The molecule has 1 N–H and O–H groups in total. The van der Waals surface area contributed by atoms with Gasteiger partial charge in [0.15, 0.2) is 0 Å². The second-order valence-corrected chi connectivity index (χ2v) is 7.91. The van der Waals surface area contributed by atoms with Crippen molar-refractivity contribution in [2.75, 3.05) is 26.2 Å². The van der Waals surface area contributed by atoms with Crippen LogP contribution in [-0.2, 0) is 9.59 Å². The molecule has 2 saturated heterocycles. The summed E-state index contributed by atoms with van der Waals surface area (Å²) in [7, 11) is 0. The van der Waals surface area contributed by atoms with E-state index in [9.17, 15) is 9.59 Å². The Balaban J connectivity index is 1.35. The first-order valence-corrected chi connectivity index (χ1v) is 9.96. The van der Waals surface area contributed by atoms with Crippen molar-refractivity contribution in [1.29, 1.82) is 0 Å². The van der Waals surface area contributed by atoms with Crippen LogP contribution >= 0.6 is 0 Å². The van der Waals surface area contributed by atoms with E-state index in [1.807, 2.05) is 4.90 Å². The molecule has 0 aromatic rings. The van der Waals surface area contributed by atoms with Crippen molar-refractivity contribution in [3.05, 3.63) is 0 Å². The molecule has 5 nitrogen and oxygen atoms in total. The quantitative estimate of drug-likeness (QED) is 0.757. The summed E-state index contributed by atoms with van der Waals surface area (Å²) in [5.41, 5.74) is 0. The highest BCUT2D eigenvalue weighted by atomic mass is 16.2. The summed E-state index contributed by atoms with van der Waals surface area (Å²) in [6.45, 7) is 5.94. The lowest BCUT2D eigenvalue weighted by Crippen LogP contribution is -2.40. The highest BCUT2D eigenvalue weighted by Crippen LogP contribution is 2.29. The number of carbonyl (C=O) groups is 2. The number of hydrogen-bond acceptors (Lipinski definition) is 3. The molecule has 3 rings (SSSR count). The van der Waals surface area contributed by atoms with E-state index in [0.29, 0.717) is 25.0 Å². The average Bonchev–Trinajstić information content (AvgIpc) is 3.22. The topological polar surface area (TPSA) is 52.7 Å². The second kappa shape index (κ2) is 8.32. The lowest BCUT2D eigenvalue weighted by molar-refractivity contribution is -0.130. The molecule has 24 heavy (non-hydrogen) atoms. The van der Waals surface area contributed by atoms with Crippen molar-refractivity contribution in [1.82, 2.24) is 15.1 Å². The van der Waals surface area contributed by atoms with Crippen LogP contribution in [0.2, 0.25) is 0 Å². The molecule has 2 unspecified atom stereocenters. The van der Waals surface area contributed by atoms with Gasteiger partial charge in [-0.05, 0) is 45.6 Å². The Morgan fingerprint density at radius 2 is 1.92 bits per heavy atom. The van der Waals surface area contributed by atoms with E-state index in [1.165, 1.54) is 38.6 Å². The van der Waals surface area contributed by atoms with Gasteiger partial charge in [-0.1, -0.05) is 19.3 Å². The minimum absolute atomic E-state index is 0.0792. The van der Waals surface area contributed by atoms with Crippen LogP contribution in [0.4, 0.5) is 0 Å². The highest BCUT2D eigenvalue weighted by Gasteiger charge is 2.38. The Morgan fingerprint density at radius 3 is 2.67 bits per heavy atom. The number of amides is 2. The van der Waals surface area contributed by atoms with Crippen LogP contribution in [0.3, 0.4) is 0 Å². The van der Waals surface area contributed by atoms with E-state index in [2.05, 4.69) is 17.1 Å². The van der Waals surface area contributed by atoms with Gasteiger partial charge in [0.25, 0.3) is 0 Å². The number of carbonyl (C=O) groups excluding carboxylic acids is 2. The maximum Gasteiger partial charge on any atom is 0.225 e. The zero-order valence-corrected chi connectivity index (χ0v) is 15.1. The molecule has 0 aromatic heterocycles. The molecule has 2 aliphatic heterocycles. The molecule has 3 aliphatic rings. The van der Waals surface area contributed by atoms with Gasteiger partial charge in [-0.25, -0.2) is 0 Å². The minimum Gasteiger partial charge on any atom is -0.356 e. The Kier molecular flexibility index (Phi) is 6.14. The van der Waals surface area contributed by atoms with Crippen molar-refractivity contribution in [3.8, 4) is 0 Å². The molecule has 5 heteroatoms. The molecular formula is C19H33N3O2. The zero-order chi connectivity index (χ0) is 16.9. The van der Waals surface area contributed by atoms with Gasteiger partial charge in [0, 0.05) is 38.1 Å². The Hall–Kier alpha value is -1.10. The van der Waals surface area contributed by atoms with E-state index in [4.69, 9.17) is 0 Å². The standard InChI is InChI=1S/C19H33N3O2/c1-15-7-4-5-11-21(15)12-6-10-20-19(24)16-13-18(23)22(14-16)17-8-2-3-9-17/h15-17H,2-14H2,1H3,(H,20,24). The van der Waals surface area contributed by atoms with Gasteiger partial charge in [0.2, 0.25) is 11.8 Å². The van der Waals surface area contributed by atoms with E-state index >= 15 is 0 Å². The van der Waals surface area contributed by atoms with Crippen molar-refractivity contribution in [3.63, 3.8) is 0 Å². The van der Waals surface area contributed by atoms with E-state index in [1.54, 1.807) is 0 Å². The van der Waals surface area contributed by atoms with Crippen LogP contribution in [0.25, 0.3) is 0 Å². The van der Waals surface area contributed by atoms with Crippen LogP contribution in [0.1, 0.15) is 64.7 Å². The minimum atomic E-state index is -0.132. The molecular weight excluding hydrogens is 302 g/mol. The van der Waals surface area contributed by atoms with Gasteiger partial charge in [0.1, 0.15) is 0 Å². The van der Waals surface area contributed by atoms with Crippen molar-refractivity contribution in [2.24, 2.45) is 5.92 Å². The summed E-state index contributed by atoms with van der Waals surface area (Å²) in [6.07, 6.45) is 10.0. The number of hydrogen-bond donors (Lipinski definition) is 1. The van der Waals surface area contributed by atoms with Crippen LogP contribution < -0.4 is 5.32 Å². The summed E-state index contributed by atoms with van der Waals surface area (Å²) in [5.74, 6) is 0.131. The Morgan fingerprint density at radius 1 is 1.17 bits per heavy atom. The van der Waals surface area contributed by atoms with Gasteiger partial charge in [0.05, 0.1) is 5.92 Å². The third-order valence-electron chi connectivity index (χ3n) is 6.16. The summed E-state index contributed by atoms with van der Waals surface area (Å²) in [6, 6.07) is 1.08. The summed E-state index contributed by atoms with van der Waals surface area (Å²) >= 11 is 0. The Bertz CT molecular complexity index is 448. The molecule has 0 aromatic carbocycles. The van der Waals surface area contributed by atoms with E-state index in [-0.39, 0.29) is 17.7 Å². The molecule has 1 saturated carbocycles. The van der Waals surface area contributed by atoms with E-state index in [0.717, 1.165) is 32.4 Å². The van der Waals surface area contributed by atoms with Gasteiger partial charge in [-0.3, -0.25) is 9.59 Å². The molecule has 0 spiro atoms. The first-order chi connectivity index (χ1) is 11.6. The molecule has 1 aliphatic carbocycles. The molecule has 0 radical (unpaired) electrons. The number of rotatable bonds is 6. The maximum absolute atomic E-state index is 12.4. The van der Waals surface area contributed by atoms with Gasteiger partial charge < -0.3 is 15.1 Å². The van der Waals surface area contributed by atoms with Crippen LogP contribution in [0, 0.1) is 5.92 Å². The second-order valence-electron chi connectivity index (χ2n) is 7.91. The first kappa shape index (κ1) is 17.7. The van der Waals surface area contributed by atoms with Crippen LogP contribution in [-0.4, -0.2) is 59.9 Å². The lowest BCUT2D eigenvalue weighted by atomic mass is 10.0. The molecule has 136 valence electrons. The van der Waals surface area contributed by atoms with Crippen molar-refractivity contribution < 1.29 is 9.59 Å². The fourth-order valence-electron chi connectivity index (χ4n) is 4.60. The average molecular weight is 335 g/mol. The van der Waals surface area contributed by atoms with Crippen molar-refractivity contribution >= 4 is 11.8 Å². The number of nitrogens with one attached hydrogen (secondary N) is 1. The molecule has 2 atom stereocenters. The van der Waals surface area contributed by atoms with Gasteiger partial charge in [-0.2, -0.15) is 0 Å². The molecule has 2 heterocycles. The highest BCUT2D eigenvalue weighted by molar-refractivity contribution is 5.89. The normalized spacial score (nSPS) is 29.4. The smallest absolute Gasteiger partial charge is 0.225 e. The van der Waals surface area contributed by atoms with E-state index < -0.39 is 0 Å². The van der Waals surface area contributed by atoms with Gasteiger partial charge in [-0.15, -0.1) is 0 Å². The third kappa shape index (κ3) is 4.29. The first-order valence-electron chi connectivity index (χ1n) is 9.96. The lowest BCUT2D eigenvalue weighted by Gasteiger charge is -2.33. The Labute approximate surface area is 146 Å². The van der Waals surface area contributed by atoms with Crippen LogP contribution in [0.15, 0.2) is 0 Å². The summed E-state index contributed by atoms with van der Waals surface area (Å²) in [5, 5.41) is 3.07.